The highest BCUT2D eigenvalue weighted by Gasteiger charge is 2.20. The van der Waals surface area contributed by atoms with Crippen LogP contribution < -0.4 is 20.4 Å². The van der Waals surface area contributed by atoms with Crippen LogP contribution in [0.15, 0.2) is 6.07 Å². The summed E-state index contributed by atoms with van der Waals surface area (Å²) in [6.45, 7) is 10.5. The molecule has 0 amide bonds. The molecule has 1 aromatic rings. The van der Waals surface area contributed by atoms with Crippen LogP contribution in [0.25, 0.3) is 0 Å². The molecule has 2 aliphatic heterocycles. The van der Waals surface area contributed by atoms with Gasteiger partial charge in [0.05, 0.1) is 0 Å². The fourth-order valence-electron chi connectivity index (χ4n) is 3.52. The normalized spacial score (nSPS) is 18.6. The Morgan fingerprint density at radius 2 is 1.35 bits per heavy atom. The van der Waals surface area contributed by atoms with Crippen molar-refractivity contribution in [2.75, 3.05) is 41.3 Å². The van der Waals surface area contributed by atoms with Crippen molar-refractivity contribution in [3.05, 3.63) is 6.07 Å². The number of nitrogens with zero attached hydrogens (tertiary/aromatic N) is 4. The van der Waals surface area contributed by atoms with E-state index >= 15 is 0 Å². The third-order valence-corrected chi connectivity index (χ3v) is 4.98. The van der Waals surface area contributed by atoms with Crippen LogP contribution in [0.5, 0.6) is 0 Å². The van der Waals surface area contributed by atoms with Crippen molar-refractivity contribution >= 4 is 34.9 Å². The van der Waals surface area contributed by atoms with Crippen molar-refractivity contribution in [1.29, 1.82) is 0 Å². The number of nitrogens with one attached hydrogen (secondary N) is 2. The molecular formula is C19H32N6S. The van der Waals surface area contributed by atoms with Crippen LogP contribution in [0.3, 0.4) is 0 Å². The zero-order valence-corrected chi connectivity index (χ0v) is 17.2. The first-order chi connectivity index (χ1) is 12.4. The second-order valence-electron chi connectivity index (χ2n) is 8.33. The van der Waals surface area contributed by atoms with Gasteiger partial charge >= 0.3 is 0 Å². The SMILES string of the molecule is CC(C)(C)NC(=S)Nc1nc(N2CCCCCC2)cc(N2CCCC2)n1. The molecule has 2 N–H and O–H groups in total. The smallest absolute Gasteiger partial charge is 0.232 e. The summed E-state index contributed by atoms with van der Waals surface area (Å²) in [5.74, 6) is 2.62. The van der Waals surface area contributed by atoms with Gasteiger partial charge in [0.25, 0.3) is 0 Å². The summed E-state index contributed by atoms with van der Waals surface area (Å²) in [5.41, 5.74) is -0.0930. The number of hydrogen-bond donors (Lipinski definition) is 2. The molecule has 0 aliphatic carbocycles. The third-order valence-electron chi connectivity index (χ3n) is 4.77. The molecule has 2 saturated heterocycles. The molecule has 1 aromatic heterocycles. The van der Waals surface area contributed by atoms with E-state index in [-0.39, 0.29) is 5.54 Å². The standard InChI is InChI=1S/C19H32N6S/c1-19(2,3)23-18(26)22-17-20-15(24-10-6-4-5-7-11-24)14-16(21-17)25-12-8-9-13-25/h14H,4-13H2,1-3H3,(H2,20,21,22,23,26). The number of anilines is 3. The van der Waals surface area contributed by atoms with Gasteiger partial charge in [-0.05, 0) is 58.7 Å². The zero-order chi connectivity index (χ0) is 18.6. The summed E-state index contributed by atoms with van der Waals surface area (Å²) in [6, 6.07) is 2.15. The Balaban J connectivity index is 1.83. The molecule has 26 heavy (non-hydrogen) atoms. The fraction of sp³-hybridized carbons (Fsp3) is 0.737. The van der Waals surface area contributed by atoms with Crippen LogP contribution >= 0.6 is 12.2 Å². The Kier molecular flexibility index (Phi) is 6.16. The second-order valence-corrected chi connectivity index (χ2v) is 8.74. The molecule has 0 radical (unpaired) electrons. The van der Waals surface area contributed by atoms with Gasteiger partial charge < -0.3 is 20.4 Å². The first-order valence-electron chi connectivity index (χ1n) is 9.89. The van der Waals surface area contributed by atoms with Gasteiger partial charge in [0.1, 0.15) is 11.6 Å². The topological polar surface area (TPSA) is 56.3 Å². The monoisotopic (exact) mass is 376 g/mol. The van der Waals surface area contributed by atoms with E-state index in [9.17, 15) is 0 Å². The van der Waals surface area contributed by atoms with Gasteiger partial charge in [-0.25, -0.2) is 0 Å². The molecule has 7 heteroatoms. The molecule has 3 heterocycles. The quantitative estimate of drug-likeness (QED) is 0.783. The minimum absolute atomic E-state index is 0.0930. The van der Waals surface area contributed by atoms with Crippen LogP contribution in [0.4, 0.5) is 17.6 Å². The lowest BCUT2D eigenvalue weighted by atomic mass is 10.1. The fourth-order valence-corrected chi connectivity index (χ4v) is 3.92. The maximum absolute atomic E-state index is 5.45. The summed E-state index contributed by atoms with van der Waals surface area (Å²) in [5, 5.41) is 7.05. The highest BCUT2D eigenvalue weighted by Crippen LogP contribution is 2.26. The van der Waals surface area contributed by atoms with E-state index in [2.05, 4.69) is 47.3 Å². The lowest BCUT2D eigenvalue weighted by Crippen LogP contribution is -2.43. The Labute approximate surface area is 162 Å². The Hall–Kier alpha value is -1.63. The van der Waals surface area contributed by atoms with Crippen LogP contribution in [0, 0.1) is 0 Å². The predicted molar refractivity (Wildman–Crippen MR) is 113 cm³/mol. The van der Waals surface area contributed by atoms with E-state index in [0.717, 1.165) is 37.8 Å². The molecule has 0 unspecified atom stereocenters. The van der Waals surface area contributed by atoms with E-state index in [1.165, 1.54) is 38.5 Å². The highest BCUT2D eigenvalue weighted by atomic mass is 32.1. The van der Waals surface area contributed by atoms with Crippen molar-refractivity contribution in [3.8, 4) is 0 Å². The molecular weight excluding hydrogens is 344 g/mol. The summed E-state index contributed by atoms with van der Waals surface area (Å²) < 4.78 is 0. The molecule has 0 atom stereocenters. The number of aromatic nitrogens is 2. The van der Waals surface area contributed by atoms with Crippen molar-refractivity contribution < 1.29 is 0 Å². The minimum atomic E-state index is -0.0930. The van der Waals surface area contributed by atoms with E-state index in [0.29, 0.717) is 11.1 Å². The summed E-state index contributed by atoms with van der Waals surface area (Å²) in [4.78, 5) is 14.3. The molecule has 3 rings (SSSR count). The van der Waals surface area contributed by atoms with Crippen LogP contribution in [-0.2, 0) is 0 Å². The lowest BCUT2D eigenvalue weighted by Gasteiger charge is -2.26. The molecule has 2 aliphatic rings. The molecule has 0 saturated carbocycles. The van der Waals surface area contributed by atoms with E-state index in [1.54, 1.807) is 0 Å². The zero-order valence-electron chi connectivity index (χ0n) is 16.3. The summed E-state index contributed by atoms with van der Waals surface area (Å²) in [7, 11) is 0. The van der Waals surface area contributed by atoms with Gasteiger partial charge in [-0.3, -0.25) is 0 Å². The largest absolute Gasteiger partial charge is 0.358 e. The predicted octanol–water partition coefficient (Wildman–Crippen LogP) is 3.54. The third kappa shape index (κ3) is 5.43. The van der Waals surface area contributed by atoms with Crippen molar-refractivity contribution in [2.45, 2.75) is 64.8 Å². The van der Waals surface area contributed by atoms with E-state index in [4.69, 9.17) is 22.2 Å². The Morgan fingerprint density at radius 1 is 0.885 bits per heavy atom. The van der Waals surface area contributed by atoms with Gasteiger partial charge in [-0.1, -0.05) is 12.8 Å². The minimum Gasteiger partial charge on any atom is -0.358 e. The van der Waals surface area contributed by atoms with Crippen molar-refractivity contribution in [1.82, 2.24) is 15.3 Å². The second kappa shape index (κ2) is 8.37. The number of thiocarbonyl (C=S) groups is 1. The van der Waals surface area contributed by atoms with Gasteiger partial charge in [0.15, 0.2) is 5.11 Å². The van der Waals surface area contributed by atoms with Gasteiger partial charge in [0.2, 0.25) is 5.95 Å². The number of hydrogen-bond acceptors (Lipinski definition) is 5. The van der Waals surface area contributed by atoms with Gasteiger partial charge in [-0.15, -0.1) is 0 Å². The van der Waals surface area contributed by atoms with Gasteiger partial charge in [-0.2, -0.15) is 9.97 Å². The average Bonchev–Trinajstić information content (AvgIpc) is 2.95. The van der Waals surface area contributed by atoms with Gasteiger partial charge in [0, 0.05) is 37.8 Å². The Bertz CT molecular complexity index is 613. The lowest BCUT2D eigenvalue weighted by molar-refractivity contribution is 0.514. The molecule has 2 fully saturated rings. The number of rotatable bonds is 3. The summed E-state index contributed by atoms with van der Waals surface area (Å²) in [6.07, 6.45) is 7.55. The first kappa shape index (κ1) is 19.1. The molecule has 0 spiro atoms. The maximum atomic E-state index is 5.45. The van der Waals surface area contributed by atoms with Crippen molar-refractivity contribution in [2.24, 2.45) is 0 Å². The molecule has 6 nitrogen and oxygen atoms in total. The van der Waals surface area contributed by atoms with Crippen molar-refractivity contribution in [3.63, 3.8) is 0 Å². The average molecular weight is 377 g/mol. The van der Waals surface area contributed by atoms with Crippen LogP contribution in [0.1, 0.15) is 59.3 Å². The first-order valence-corrected chi connectivity index (χ1v) is 10.3. The molecule has 144 valence electrons. The maximum Gasteiger partial charge on any atom is 0.232 e. The van der Waals surface area contributed by atoms with Crippen LogP contribution in [-0.4, -0.2) is 46.8 Å². The van der Waals surface area contributed by atoms with E-state index < -0.39 is 0 Å². The summed E-state index contributed by atoms with van der Waals surface area (Å²) >= 11 is 5.45. The molecule has 0 aromatic carbocycles. The van der Waals surface area contributed by atoms with Crippen LogP contribution in [0.2, 0.25) is 0 Å². The van der Waals surface area contributed by atoms with E-state index in [1.807, 2.05) is 0 Å². The molecule has 0 bridgehead atoms. The Morgan fingerprint density at radius 3 is 1.81 bits per heavy atom. The highest BCUT2D eigenvalue weighted by molar-refractivity contribution is 7.80.